The van der Waals surface area contributed by atoms with E-state index in [9.17, 15) is 4.79 Å². The molecule has 1 amide bonds. The van der Waals surface area contributed by atoms with E-state index < -0.39 is 0 Å². The van der Waals surface area contributed by atoms with Crippen LogP contribution in [0.4, 0.5) is 0 Å². The Morgan fingerprint density at radius 1 is 1.47 bits per heavy atom. The first-order valence-electron chi connectivity index (χ1n) is 4.55. The first-order valence-corrected chi connectivity index (χ1v) is 4.55. The normalized spacial score (nSPS) is 10.5. The molecule has 5 nitrogen and oxygen atoms in total. The second-order valence-electron chi connectivity index (χ2n) is 3.12. The van der Waals surface area contributed by atoms with Crippen molar-refractivity contribution in [2.24, 2.45) is 0 Å². The summed E-state index contributed by atoms with van der Waals surface area (Å²) in [7, 11) is 1.63. The number of nitrogens with zero attached hydrogens (tertiary/aromatic N) is 1. The van der Waals surface area contributed by atoms with E-state index in [-0.39, 0.29) is 5.91 Å². The molecular formula is C10H11N3O2. The van der Waals surface area contributed by atoms with Gasteiger partial charge in [0.15, 0.2) is 11.5 Å². The maximum atomic E-state index is 11.5. The average Bonchev–Trinajstić information content (AvgIpc) is 2.57. The molecule has 0 radical (unpaired) electrons. The molecular weight excluding hydrogens is 194 g/mol. The lowest BCUT2D eigenvalue weighted by Crippen LogP contribution is -2.33. The molecule has 0 aliphatic rings. The summed E-state index contributed by atoms with van der Waals surface area (Å²) < 4.78 is 5.33. The Morgan fingerprint density at radius 2 is 2.27 bits per heavy atom. The van der Waals surface area contributed by atoms with Crippen LogP contribution in [-0.2, 0) is 0 Å². The molecule has 0 atom stereocenters. The third-order valence-corrected chi connectivity index (χ3v) is 2.00. The van der Waals surface area contributed by atoms with Gasteiger partial charge in [-0.3, -0.25) is 10.2 Å². The van der Waals surface area contributed by atoms with Gasteiger partial charge in [0.2, 0.25) is 0 Å². The fourth-order valence-corrected chi connectivity index (χ4v) is 1.37. The number of benzene rings is 1. The number of hydrogen-bond acceptors (Lipinski definition) is 4. The molecule has 0 saturated heterocycles. The highest BCUT2D eigenvalue weighted by Gasteiger charge is 2.08. The third-order valence-electron chi connectivity index (χ3n) is 2.00. The second-order valence-corrected chi connectivity index (χ2v) is 3.12. The Morgan fingerprint density at radius 3 is 3.00 bits per heavy atom. The Balaban J connectivity index is 2.41. The summed E-state index contributed by atoms with van der Waals surface area (Å²) in [5.41, 5.74) is 6.97. The first kappa shape index (κ1) is 9.67. The predicted molar refractivity (Wildman–Crippen MR) is 55.3 cm³/mol. The van der Waals surface area contributed by atoms with Crippen molar-refractivity contribution in [3.8, 4) is 0 Å². The number of hydrazine groups is 1. The third kappa shape index (κ3) is 1.82. The predicted octanol–water partition coefficient (Wildman–Crippen LogP) is 1.00. The summed E-state index contributed by atoms with van der Waals surface area (Å²) in [4.78, 5) is 15.6. The molecule has 0 spiro atoms. The summed E-state index contributed by atoms with van der Waals surface area (Å²) >= 11 is 0. The maximum absolute atomic E-state index is 11.5. The Kier molecular flexibility index (Phi) is 2.39. The van der Waals surface area contributed by atoms with Crippen LogP contribution in [0.3, 0.4) is 0 Å². The largest absolute Gasteiger partial charge is 0.441 e. The molecule has 1 aromatic heterocycles. The summed E-state index contributed by atoms with van der Waals surface area (Å²) in [5, 5.41) is 0. The summed E-state index contributed by atoms with van der Waals surface area (Å²) in [6, 6.07) is 5.13. The van der Waals surface area contributed by atoms with E-state index in [1.165, 1.54) is 0 Å². The van der Waals surface area contributed by atoms with Gasteiger partial charge >= 0.3 is 0 Å². The van der Waals surface area contributed by atoms with Gasteiger partial charge in [-0.25, -0.2) is 10.4 Å². The molecule has 78 valence electrons. The van der Waals surface area contributed by atoms with Crippen LogP contribution in [0.25, 0.3) is 11.1 Å². The van der Waals surface area contributed by atoms with Crippen molar-refractivity contribution in [3.63, 3.8) is 0 Å². The van der Waals surface area contributed by atoms with Crippen LogP contribution in [0.2, 0.25) is 0 Å². The van der Waals surface area contributed by atoms with E-state index in [1.54, 1.807) is 32.2 Å². The number of carbonyl (C=O) groups excluding carboxylic acids is 1. The number of amides is 1. The van der Waals surface area contributed by atoms with Gasteiger partial charge in [-0.05, 0) is 18.2 Å². The van der Waals surface area contributed by atoms with Gasteiger partial charge in [-0.1, -0.05) is 0 Å². The standard InChI is InChI=1S/C10H11N3O2/c1-6-12-8-4-3-7(5-9(8)15-6)10(14)13-11-2/h3-5,11H,1-2H3,(H,13,14). The molecule has 2 aromatic rings. The topological polar surface area (TPSA) is 67.2 Å². The van der Waals surface area contributed by atoms with E-state index in [4.69, 9.17) is 4.42 Å². The van der Waals surface area contributed by atoms with Crippen LogP contribution in [0, 0.1) is 6.92 Å². The second kappa shape index (κ2) is 3.70. The molecule has 2 N–H and O–H groups in total. The highest BCUT2D eigenvalue weighted by molar-refractivity contribution is 5.96. The molecule has 0 saturated carbocycles. The van der Waals surface area contributed by atoms with Crippen LogP contribution >= 0.6 is 0 Å². The molecule has 0 aliphatic heterocycles. The molecule has 0 unspecified atom stereocenters. The lowest BCUT2D eigenvalue weighted by atomic mass is 10.2. The van der Waals surface area contributed by atoms with Crippen LogP contribution in [0.5, 0.6) is 0 Å². The van der Waals surface area contributed by atoms with Crippen LogP contribution < -0.4 is 10.9 Å². The van der Waals surface area contributed by atoms with Crippen molar-refractivity contribution in [1.82, 2.24) is 15.8 Å². The highest BCUT2D eigenvalue weighted by atomic mass is 16.3. The van der Waals surface area contributed by atoms with E-state index in [1.807, 2.05) is 0 Å². The Bertz CT molecular complexity index is 504. The summed E-state index contributed by atoms with van der Waals surface area (Å²) in [6.45, 7) is 1.77. The Labute approximate surface area is 86.5 Å². The molecule has 2 rings (SSSR count). The minimum absolute atomic E-state index is 0.201. The number of aromatic nitrogens is 1. The molecule has 5 heteroatoms. The van der Waals surface area contributed by atoms with Crippen molar-refractivity contribution in [1.29, 1.82) is 0 Å². The zero-order valence-corrected chi connectivity index (χ0v) is 8.50. The minimum Gasteiger partial charge on any atom is -0.441 e. The van der Waals surface area contributed by atoms with Crippen LogP contribution in [0.15, 0.2) is 22.6 Å². The molecule has 1 aromatic carbocycles. The zero-order valence-electron chi connectivity index (χ0n) is 8.50. The quantitative estimate of drug-likeness (QED) is 0.718. The van der Waals surface area contributed by atoms with Gasteiger partial charge in [-0.15, -0.1) is 0 Å². The number of nitrogens with one attached hydrogen (secondary N) is 2. The number of rotatable bonds is 2. The smallest absolute Gasteiger partial charge is 0.265 e. The average molecular weight is 205 g/mol. The van der Waals surface area contributed by atoms with E-state index in [0.717, 1.165) is 5.52 Å². The maximum Gasteiger partial charge on any atom is 0.265 e. The lowest BCUT2D eigenvalue weighted by molar-refractivity contribution is 0.0938. The van der Waals surface area contributed by atoms with Crippen molar-refractivity contribution < 1.29 is 9.21 Å². The summed E-state index contributed by atoms with van der Waals surface area (Å²) in [5.74, 6) is 0.393. The fraction of sp³-hybridized carbons (Fsp3) is 0.200. The minimum atomic E-state index is -0.201. The van der Waals surface area contributed by atoms with Crippen molar-refractivity contribution in [2.45, 2.75) is 6.92 Å². The van der Waals surface area contributed by atoms with Crippen molar-refractivity contribution >= 4 is 17.0 Å². The number of oxazole rings is 1. The van der Waals surface area contributed by atoms with Crippen molar-refractivity contribution in [3.05, 3.63) is 29.7 Å². The lowest BCUT2D eigenvalue weighted by Gasteiger charge is -2.01. The van der Waals surface area contributed by atoms with Gasteiger partial charge in [0, 0.05) is 19.5 Å². The van der Waals surface area contributed by atoms with Crippen molar-refractivity contribution in [2.75, 3.05) is 7.05 Å². The fourth-order valence-electron chi connectivity index (χ4n) is 1.37. The zero-order chi connectivity index (χ0) is 10.8. The van der Waals surface area contributed by atoms with Gasteiger partial charge < -0.3 is 4.42 Å². The first-order chi connectivity index (χ1) is 7.20. The van der Waals surface area contributed by atoms with E-state index in [2.05, 4.69) is 15.8 Å². The SMILES string of the molecule is CNNC(=O)c1ccc2nc(C)oc2c1. The molecule has 0 bridgehead atoms. The number of fused-ring (bicyclic) bond motifs is 1. The monoisotopic (exact) mass is 205 g/mol. The number of carbonyl (C=O) groups is 1. The Hall–Kier alpha value is -1.88. The van der Waals surface area contributed by atoms with E-state index >= 15 is 0 Å². The van der Waals surface area contributed by atoms with Gasteiger partial charge in [-0.2, -0.15) is 0 Å². The molecule has 1 heterocycles. The summed E-state index contributed by atoms with van der Waals surface area (Å²) in [6.07, 6.45) is 0. The van der Waals surface area contributed by atoms with Crippen LogP contribution in [0.1, 0.15) is 16.2 Å². The molecule has 0 fully saturated rings. The molecule has 0 aliphatic carbocycles. The highest BCUT2D eigenvalue weighted by Crippen LogP contribution is 2.16. The van der Waals surface area contributed by atoms with Gasteiger partial charge in [0.05, 0.1) is 0 Å². The van der Waals surface area contributed by atoms with Gasteiger partial charge in [0.25, 0.3) is 5.91 Å². The molecule has 15 heavy (non-hydrogen) atoms. The van der Waals surface area contributed by atoms with Crippen LogP contribution in [-0.4, -0.2) is 17.9 Å². The van der Waals surface area contributed by atoms with E-state index in [0.29, 0.717) is 17.0 Å². The van der Waals surface area contributed by atoms with Gasteiger partial charge in [0.1, 0.15) is 5.52 Å². The number of hydrogen-bond donors (Lipinski definition) is 2. The number of aryl methyl sites for hydroxylation is 1.